The lowest BCUT2D eigenvalue weighted by Gasteiger charge is -2.15. The van der Waals surface area contributed by atoms with Crippen LogP contribution in [-0.2, 0) is 9.59 Å². The molecule has 0 unspecified atom stereocenters. The molecule has 0 aliphatic carbocycles. The zero-order chi connectivity index (χ0) is 6.85. The molecule has 0 aromatic heterocycles. The van der Waals surface area contributed by atoms with Crippen LogP contribution in [0.3, 0.4) is 0 Å². The number of piperidine rings is 1. The number of hydrogen-bond acceptors (Lipinski definition) is 3. The van der Waals surface area contributed by atoms with Crippen LogP contribution in [-0.4, -0.2) is 17.9 Å². The Morgan fingerprint density at radius 1 is 1.56 bits per heavy atom. The van der Waals surface area contributed by atoms with Gasteiger partial charge in [0.2, 0.25) is 11.8 Å². The van der Waals surface area contributed by atoms with E-state index in [9.17, 15) is 9.59 Å². The molecule has 0 radical (unpaired) electrons. The summed E-state index contributed by atoms with van der Waals surface area (Å²) in [5.41, 5.74) is 5.28. The second kappa shape index (κ2) is 2.14. The van der Waals surface area contributed by atoms with Gasteiger partial charge in [-0.25, -0.2) is 0 Å². The summed E-state index contributed by atoms with van der Waals surface area (Å²) < 4.78 is 0. The van der Waals surface area contributed by atoms with Crippen molar-refractivity contribution in [1.29, 1.82) is 0 Å². The largest absolute Gasteiger partial charge is 0.320 e. The summed E-state index contributed by atoms with van der Waals surface area (Å²) in [7, 11) is 0. The summed E-state index contributed by atoms with van der Waals surface area (Å²) in [4.78, 5) is 21.0. The van der Waals surface area contributed by atoms with Gasteiger partial charge in [0.25, 0.3) is 0 Å². The summed E-state index contributed by atoms with van der Waals surface area (Å²) >= 11 is 0. The second-order valence-corrected chi connectivity index (χ2v) is 2.06. The monoisotopic (exact) mass is 128 g/mol. The first-order valence-electron chi connectivity index (χ1n) is 2.79. The van der Waals surface area contributed by atoms with E-state index in [1.165, 1.54) is 0 Å². The van der Waals surface area contributed by atoms with E-state index in [0.717, 1.165) is 0 Å². The molecule has 2 amide bonds. The fraction of sp³-hybridized carbons (Fsp3) is 0.600. The van der Waals surface area contributed by atoms with E-state index in [0.29, 0.717) is 12.8 Å². The minimum atomic E-state index is -0.484. The fourth-order valence-corrected chi connectivity index (χ4v) is 0.710. The normalized spacial score (nSPS) is 27.9. The number of rotatable bonds is 0. The Morgan fingerprint density at radius 3 is 2.67 bits per heavy atom. The molecule has 1 rings (SSSR count). The van der Waals surface area contributed by atoms with Crippen molar-refractivity contribution in [3.8, 4) is 0 Å². The number of carbonyl (C=O) groups excluding carboxylic acids is 2. The third-order valence-electron chi connectivity index (χ3n) is 1.28. The summed E-state index contributed by atoms with van der Waals surface area (Å²) in [6, 6.07) is -0.484. The van der Waals surface area contributed by atoms with Crippen molar-refractivity contribution in [3.63, 3.8) is 0 Å². The molecule has 0 saturated carbocycles. The summed E-state index contributed by atoms with van der Waals surface area (Å²) in [5.74, 6) is -0.576. The first-order valence-corrected chi connectivity index (χ1v) is 2.79. The van der Waals surface area contributed by atoms with Crippen LogP contribution >= 0.6 is 0 Å². The van der Waals surface area contributed by atoms with E-state index in [1.54, 1.807) is 0 Å². The van der Waals surface area contributed by atoms with Crippen LogP contribution in [0.25, 0.3) is 0 Å². The van der Waals surface area contributed by atoms with E-state index >= 15 is 0 Å². The van der Waals surface area contributed by atoms with E-state index in [-0.39, 0.29) is 11.8 Å². The minimum absolute atomic E-state index is 0.221. The Balaban J connectivity index is 2.54. The van der Waals surface area contributed by atoms with Crippen LogP contribution in [0.1, 0.15) is 12.8 Å². The molecule has 9 heavy (non-hydrogen) atoms. The maximum atomic E-state index is 10.5. The van der Waals surface area contributed by atoms with Crippen molar-refractivity contribution < 1.29 is 9.59 Å². The van der Waals surface area contributed by atoms with Gasteiger partial charge in [-0.2, -0.15) is 0 Å². The zero-order valence-corrected chi connectivity index (χ0v) is 4.89. The lowest BCUT2D eigenvalue weighted by molar-refractivity contribution is -0.134. The van der Waals surface area contributed by atoms with Crippen LogP contribution in [0.15, 0.2) is 0 Å². The van der Waals surface area contributed by atoms with E-state index in [1.807, 2.05) is 0 Å². The highest BCUT2D eigenvalue weighted by Gasteiger charge is 2.22. The SMILES string of the molecule is N[C@@H]1CCC(=O)NC1=O. The molecule has 1 aliphatic rings. The quantitative estimate of drug-likeness (QED) is 0.400. The van der Waals surface area contributed by atoms with Gasteiger partial charge in [0.05, 0.1) is 6.04 Å². The molecule has 1 aliphatic heterocycles. The maximum Gasteiger partial charge on any atom is 0.243 e. The van der Waals surface area contributed by atoms with Crippen molar-refractivity contribution in [2.45, 2.75) is 18.9 Å². The van der Waals surface area contributed by atoms with Crippen molar-refractivity contribution >= 4 is 11.8 Å². The highest BCUT2D eigenvalue weighted by atomic mass is 16.2. The molecule has 0 bridgehead atoms. The van der Waals surface area contributed by atoms with Gasteiger partial charge in [-0.1, -0.05) is 0 Å². The van der Waals surface area contributed by atoms with Crippen LogP contribution < -0.4 is 11.1 Å². The van der Waals surface area contributed by atoms with Crippen LogP contribution in [0.5, 0.6) is 0 Å². The summed E-state index contributed by atoms with van der Waals surface area (Å²) in [6.45, 7) is 0. The lowest BCUT2D eigenvalue weighted by Crippen LogP contribution is -2.48. The third kappa shape index (κ3) is 1.26. The van der Waals surface area contributed by atoms with Crippen molar-refractivity contribution in [1.82, 2.24) is 5.32 Å². The van der Waals surface area contributed by atoms with E-state index < -0.39 is 6.04 Å². The van der Waals surface area contributed by atoms with Crippen LogP contribution in [0.2, 0.25) is 0 Å². The molecule has 0 spiro atoms. The third-order valence-corrected chi connectivity index (χ3v) is 1.28. The van der Waals surface area contributed by atoms with Crippen molar-refractivity contribution in [2.75, 3.05) is 0 Å². The number of carbonyl (C=O) groups is 2. The first-order chi connectivity index (χ1) is 4.20. The average Bonchev–Trinajstić information content (AvgIpc) is 1.80. The van der Waals surface area contributed by atoms with Gasteiger partial charge < -0.3 is 5.73 Å². The Bertz CT molecular complexity index is 155. The topological polar surface area (TPSA) is 72.2 Å². The molecule has 1 atom stereocenters. The molecule has 0 aromatic carbocycles. The molecule has 0 aromatic rings. The van der Waals surface area contributed by atoms with Gasteiger partial charge in [0, 0.05) is 6.42 Å². The Kier molecular flexibility index (Phi) is 1.48. The molecule has 3 N–H and O–H groups in total. The fourth-order valence-electron chi connectivity index (χ4n) is 0.710. The average molecular weight is 128 g/mol. The van der Waals surface area contributed by atoms with E-state index in [2.05, 4.69) is 5.32 Å². The van der Waals surface area contributed by atoms with Gasteiger partial charge in [-0.15, -0.1) is 0 Å². The van der Waals surface area contributed by atoms with Gasteiger partial charge in [-0.3, -0.25) is 14.9 Å². The first kappa shape index (κ1) is 6.22. The number of nitrogens with two attached hydrogens (primary N) is 1. The molecule has 50 valence electrons. The number of imide groups is 1. The van der Waals surface area contributed by atoms with Crippen molar-refractivity contribution in [3.05, 3.63) is 0 Å². The summed E-state index contributed by atoms with van der Waals surface area (Å²) in [5, 5.41) is 2.13. The predicted octanol–water partition coefficient (Wildman–Crippen LogP) is -1.25. The smallest absolute Gasteiger partial charge is 0.243 e. The zero-order valence-electron chi connectivity index (χ0n) is 4.89. The molecular formula is C5H8N2O2. The van der Waals surface area contributed by atoms with Gasteiger partial charge in [0.15, 0.2) is 0 Å². The molecule has 1 fully saturated rings. The second-order valence-electron chi connectivity index (χ2n) is 2.06. The molecule has 4 nitrogen and oxygen atoms in total. The van der Waals surface area contributed by atoms with Crippen LogP contribution in [0, 0.1) is 0 Å². The van der Waals surface area contributed by atoms with E-state index in [4.69, 9.17) is 5.73 Å². The standard InChI is InChI=1S/C5H8N2O2/c6-3-1-2-4(8)7-5(3)9/h3H,1-2,6H2,(H,7,8,9)/t3-/m1/s1. The Hall–Kier alpha value is -0.900. The molecular weight excluding hydrogens is 120 g/mol. The molecule has 4 heteroatoms. The number of hydrogen-bond donors (Lipinski definition) is 2. The maximum absolute atomic E-state index is 10.5. The highest BCUT2D eigenvalue weighted by Crippen LogP contribution is 2.00. The summed E-state index contributed by atoms with van der Waals surface area (Å²) in [6.07, 6.45) is 0.845. The lowest BCUT2D eigenvalue weighted by atomic mass is 10.1. The number of nitrogens with one attached hydrogen (secondary N) is 1. The Labute approximate surface area is 52.4 Å². The number of amides is 2. The molecule has 1 saturated heterocycles. The molecule has 1 heterocycles. The highest BCUT2D eigenvalue weighted by molar-refractivity contribution is 6.00. The van der Waals surface area contributed by atoms with Gasteiger partial charge in [0.1, 0.15) is 0 Å². The minimum Gasteiger partial charge on any atom is -0.320 e. The predicted molar refractivity (Wildman–Crippen MR) is 30.4 cm³/mol. The van der Waals surface area contributed by atoms with Crippen LogP contribution in [0.4, 0.5) is 0 Å². The van der Waals surface area contributed by atoms with Gasteiger partial charge >= 0.3 is 0 Å². The van der Waals surface area contributed by atoms with Crippen molar-refractivity contribution in [2.24, 2.45) is 5.73 Å². The Morgan fingerprint density at radius 2 is 2.22 bits per heavy atom. The van der Waals surface area contributed by atoms with Gasteiger partial charge in [-0.05, 0) is 6.42 Å².